The summed E-state index contributed by atoms with van der Waals surface area (Å²) in [6.45, 7) is -0.547. The summed E-state index contributed by atoms with van der Waals surface area (Å²) in [4.78, 5) is 0. The van der Waals surface area contributed by atoms with Gasteiger partial charge in [-0.1, -0.05) is 0 Å². The Balaban J connectivity index is 2.14. The van der Waals surface area contributed by atoms with Crippen molar-refractivity contribution in [2.45, 2.75) is 36.7 Å². The summed E-state index contributed by atoms with van der Waals surface area (Å²) < 4.78 is 62.0. The van der Waals surface area contributed by atoms with Crippen LogP contribution in [0.15, 0.2) is 0 Å². The Morgan fingerprint density at radius 3 is 2.29 bits per heavy atom. The van der Waals surface area contributed by atoms with Crippen molar-refractivity contribution in [3.63, 3.8) is 0 Å². The van der Waals surface area contributed by atoms with Crippen molar-refractivity contribution in [2.75, 3.05) is 19.6 Å². The van der Waals surface area contributed by atoms with Gasteiger partial charge in [0.1, 0.15) is 6.54 Å². The van der Waals surface area contributed by atoms with Crippen LogP contribution in [0.25, 0.3) is 0 Å². The predicted octanol–water partition coefficient (Wildman–Crippen LogP) is 0.705. The Labute approximate surface area is 98.2 Å². The molecule has 0 bridgehead atoms. The Morgan fingerprint density at radius 1 is 1.24 bits per heavy atom. The van der Waals surface area contributed by atoms with Crippen molar-refractivity contribution in [3.8, 4) is 0 Å². The summed E-state index contributed by atoms with van der Waals surface area (Å²) in [5, 5.41) is 2.17. The average molecular weight is 272 g/mol. The van der Waals surface area contributed by atoms with E-state index in [1.807, 2.05) is 0 Å². The number of alkyl halides is 3. The molecule has 1 atom stereocenters. The Morgan fingerprint density at radius 2 is 1.88 bits per heavy atom. The van der Waals surface area contributed by atoms with Crippen LogP contribution in [0.4, 0.5) is 13.2 Å². The minimum absolute atomic E-state index is 0.253. The van der Waals surface area contributed by atoms with Crippen molar-refractivity contribution < 1.29 is 21.6 Å². The van der Waals surface area contributed by atoms with Gasteiger partial charge in [-0.25, -0.2) is 8.42 Å². The SMILES string of the molecule is O=S(=O)(C1CCNC1)N(CC(F)(F)F)C1CC1. The smallest absolute Gasteiger partial charge is 0.315 e. The zero-order chi connectivity index (χ0) is 12.7. The molecule has 0 aromatic rings. The second-order valence-corrected chi connectivity index (χ2v) is 6.72. The van der Waals surface area contributed by atoms with E-state index in [2.05, 4.69) is 5.32 Å². The molecule has 100 valence electrons. The van der Waals surface area contributed by atoms with Crippen molar-refractivity contribution in [1.82, 2.24) is 9.62 Å². The van der Waals surface area contributed by atoms with E-state index in [-0.39, 0.29) is 6.54 Å². The van der Waals surface area contributed by atoms with E-state index in [0.717, 1.165) is 0 Å². The van der Waals surface area contributed by atoms with Crippen molar-refractivity contribution in [1.29, 1.82) is 0 Å². The maximum absolute atomic E-state index is 12.4. The van der Waals surface area contributed by atoms with Crippen LogP contribution >= 0.6 is 0 Å². The van der Waals surface area contributed by atoms with E-state index >= 15 is 0 Å². The molecule has 4 nitrogen and oxygen atoms in total. The number of hydrogen-bond acceptors (Lipinski definition) is 3. The molecule has 0 aromatic heterocycles. The lowest BCUT2D eigenvalue weighted by atomic mass is 10.4. The largest absolute Gasteiger partial charge is 0.402 e. The molecule has 1 saturated carbocycles. The van der Waals surface area contributed by atoms with Gasteiger partial charge in [-0.3, -0.25) is 0 Å². The fourth-order valence-electron chi connectivity index (χ4n) is 2.04. The van der Waals surface area contributed by atoms with E-state index in [1.54, 1.807) is 0 Å². The van der Waals surface area contributed by atoms with E-state index in [0.29, 0.717) is 30.1 Å². The second-order valence-electron chi connectivity index (χ2n) is 4.55. The highest BCUT2D eigenvalue weighted by molar-refractivity contribution is 7.89. The van der Waals surface area contributed by atoms with Crippen molar-refractivity contribution in [3.05, 3.63) is 0 Å². The van der Waals surface area contributed by atoms with Gasteiger partial charge in [0.05, 0.1) is 5.25 Å². The number of hydrogen-bond donors (Lipinski definition) is 1. The van der Waals surface area contributed by atoms with Gasteiger partial charge >= 0.3 is 6.18 Å². The summed E-state index contributed by atoms with van der Waals surface area (Å²) in [7, 11) is -3.82. The summed E-state index contributed by atoms with van der Waals surface area (Å²) in [5.74, 6) is 0. The molecule has 1 heterocycles. The van der Waals surface area contributed by atoms with Gasteiger partial charge in [-0.2, -0.15) is 17.5 Å². The third-order valence-corrected chi connectivity index (χ3v) is 5.38. The molecule has 2 aliphatic rings. The Hall–Kier alpha value is -0.340. The van der Waals surface area contributed by atoms with Gasteiger partial charge in [-0.15, -0.1) is 0 Å². The number of halogens is 3. The lowest BCUT2D eigenvalue weighted by Gasteiger charge is -2.26. The van der Waals surface area contributed by atoms with Gasteiger partial charge < -0.3 is 5.32 Å². The van der Waals surface area contributed by atoms with E-state index in [1.165, 1.54) is 0 Å². The predicted molar refractivity (Wildman–Crippen MR) is 56.0 cm³/mol. The molecule has 0 spiro atoms. The molecule has 1 N–H and O–H groups in total. The van der Waals surface area contributed by atoms with Gasteiger partial charge in [-0.05, 0) is 25.8 Å². The molecule has 17 heavy (non-hydrogen) atoms. The first-order valence-electron chi connectivity index (χ1n) is 5.59. The van der Waals surface area contributed by atoms with Crippen LogP contribution < -0.4 is 5.32 Å². The van der Waals surface area contributed by atoms with Crippen LogP contribution in [0.3, 0.4) is 0 Å². The second kappa shape index (κ2) is 4.40. The first-order valence-corrected chi connectivity index (χ1v) is 7.09. The summed E-state index contributed by atoms with van der Waals surface area (Å²) >= 11 is 0. The fourth-order valence-corrected chi connectivity index (χ4v) is 4.12. The molecule has 2 fully saturated rings. The molecule has 2 rings (SSSR count). The number of sulfonamides is 1. The third kappa shape index (κ3) is 3.11. The van der Waals surface area contributed by atoms with Crippen LogP contribution in [0, 0.1) is 0 Å². The molecule has 1 saturated heterocycles. The maximum atomic E-state index is 12.4. The highest BCUT2D eigenvalue weighted by atomic mass is 32.2. The zero-order valence-corrected chi connectivity index (χ0v) is 10.0. The van der Waals surface area contributed by atoms with Gasteiger partial charge in [0.15, 0.2) is 0 Å². The molecule has 8 heteroatoms. The maximum Gasteiger partial charge on any atom is 0.402 e. The van der Waals surface area contributed by atoms with Crippen molar-refractivity contribution in [2.24, 2.45) is 0 Å². The standard InChI is InChI=1S/C9H15F3N2O2S/c10-9(11,12)6-14(7-1-2-7)17(15,16)8-3-4-13-5-8/h7-8,13H,1-6H2. The summed E-state index contributed by atoms with van der Waals surface area (Å²) in [6, 6.07) is -0.442. The molecule has 1 unspecified atom stereocenters. The monoisotopic (exact) mass is 272 g/mol. The van der Waals surface area contributed by atoms with Crippen LogP contribution in [0.1, 0.15) is 19.3 Å². The topological polar surface area (TPSA) is 49.4 Å². The first-order chi connectivity index (χ1) is 7.81. The van der Waals surface area contributed by atoms with Crippen LogP contribution in [-0.4, -0.2) is 49.8 Å². The minimum atomic E-state index is -4.47. The lowest BCUT2D eigenvalue weighted by molar-refractivity contribution is -0.137. The van der Waals surface area contributed by atoms with E-state index < -0.39 is 34.0 Å². The summed E-state index contributed by atoms with van der Waals surface area (Å²) in [5.41, 5.74) is 0. The Bertz CT molecular complexity index is 372. The Kier molecular flexibility index (Phi) is 3.39. The van der Waals surface area contributed by atoms with Crippen LogP contribution in [-0.2, 0) is 10.0 Å². The molecular formula is C9H15F3N2O2S. The summed E-state index contributed by atoms with van der Waals surface area (Å²) in [6.07, 6.45) is -3.00. The molecule has 1 aliphatic carbocycles. The van der Waals surface area contributed by atoms with Crippen LogP contribution in [0.2, 0.25) is 0 Å². The average Bonchev–Trinajstić information content (AvgIpc) is 2.86. The van der Waals surface area contributed by atoms with E-state index in [4.69, 9.17) is 0 Å². The highest BCUT2D eigenvalue weighted by Crippen LogP contribution is 2.34. The van der Waals surface area contributed by atoms with Gasteiger partial charge in [0.25, 0.3) is 0 Å². The van der Waals surface area contributed by atoms with Crippen molar-refractivity contribution >= 4 is 10.0 Å². The number of nitrogens with one attached hydrogen (secondary N) is 1. The fraction of sp³-hybridized carbons (Fsp3) is 1.00. The molecular weight excluding hydrogens is 257 g/mol. The van der Waals surface area contributed by atoms with Gasteiger partial charge in [0, 0.05) is 12.6 Å². The normalized spacial score (nSPS) is 26.7. The minimum Gasteiger partial charge on any atom is -0.315 e. The molecule has 0 radical (unpaired) electrons. The van der Waals surface area contributed by atoms with Crippen LogP contribution in [0.5, 0.6) is 0 Å². The molecule has 0 amide bonds. The zero-order valence-electron chi connectivity index (χ0n) is 9.20. The first kappa shape index (κ1) is 13.1. The van der Waals surface area contributed by atoms with Gasteiger partial charge in [0.2, 0.25) is 10.0 Å². The quantitative estimate of drug-likeness (QED) is 0.820. The van der Waals surface area contributed by atoms with E-state index in [9.17, 15) is 21.6 Å². The molecule has 1 aliphatic heterocycles. The number of nitrogens with zero attached hydrogens (tertiary/aromatic N) is 1. The molecule has 0 aromatic carbocycles. The highest BCUT2D eigenvalue weighted by Gasteiger charge is 2.47. The number of rotatable bonds is 4. The third-order valence-electron chi connectivity index (χ3n) is 3.05. The lowest BCUT2D eigenvalue weighted by Crippen LogP contribution is -2.45.